The third-order valence-corrected chi connectivity index (χ3v) is 4.24. The second-order valence-corrected chi connectivity index (χ2v) is 6.12. The van der Waals surface area contributed by atoms with Gasteiger partial charge >= 0.3 is 0 Å². The molecule has 1 saturated heterocycles. The number of aromatic amines is 1. The Hall–Kier alpha value is -2.18. The molecule has 0 saturated carbocycles. The number of likely N-dealkylation sites (tertiary alicyclic amines) is 1. The van der Waals surface area contributed by atoms with E-state index in [1.165, 1.54) is 12.3 Å². The second-order valence-electron chi connectivity index (χ2n) is 5.71. The molecule has 7 heteroatoms. The van der Waals surface area contributed by atoms with Gasteiger partial charge in [0.25, 0.3) is 11.5 Å². The van der Waals surface area contributed by atoms with E-state index < -0.39 is 5.56 Å². The van der Waals surface area contributed by atoms with E-state index in [1.54, 1.807) is 11.1 Å². The molecule has 0 radical (unpaired) electrons. The molecule has 2 aromatic rings. The van der Waals surface area contributed by atoms with Gasteiger partial charge in [-0.05, 0) is 31.0 Å². The maximum absolute atomic E-state index is 12.6. The van der Waals surface area contributed by atoms with Crippen molar-refractivity contribution in [3.05, 3.63) is 63.3 Å². The van der Waals surface area contributed by atoms with Gasteiger partial charge in [0.05, 0.1) is 24.0 Å². The molecule has 0 unspecified atom stereocenters. The number of nitrogens with one attached hydrogen (secondary N) is 1. The summed E-state index contributed by atoms with van der Waals surface area (Å²) in [7, 11) is 0. The molecule has 0 aromatic carbocycles. The van der Waals surface area contributed by atoms with Crippen molar-refractivity contribution < 1.29 is 9.53 Å². The first kappa shape index (κ1) is 16.7. The Labute approximate surface area is 144 Å². The zero-order valence-electron chi connectivity index (χ0n) is 13.1. The van der Waals surface area contributed by atoms with Crippen LogP contribution < -0.4 is 5.56 Å². The molecule has 1 aliphatic rings. The highest BCUT2D eigenvalue weighted by molar-refractivity contribution is 6.30. The van der Waals surface area contributed by atoms with Crippen molar-refractivity contribution in [3.8, 4) is 0 Å². The monoisotopic (exact) mass is 347 g/mol. The number of pyridine rings is 2. The van der Waals surface area contributed by atoms with Crippen molar-refractivity contribution in [2.75, 3.05) is 13.1 Å². The third-order valence-electron chi connectivity index (χ3n) is 3.96. The Morgan fingerprint density at radius 1 is 1.46 bits per heavy atom. The molecule has 1 atom stereocenters. The van der Waals surface area contributed by atoms with E-state index in [9.17, 15) is 9.59 Å². The molecule has 1 fully saturated rings. The topological polar surface area (TPSA) is 75.3 Å². The van der Waals surface area contributed by atoms with Crippen molar-refractivity contribution in [1.82, 2.24) is 14.9 Å². The number of amides is 1. The van der Waals surface area contributed by atoms with Gasteiger partial charge in [0.1, 0.15) is 5.02 Å². The smallest absolute Gasteiger partial charge is 0.266 e. The molecule has 3 heterocycles. The molecule has 6 nitrogen and oxygen atoms in total. The lowest BCUT2D eigenvalue weighted by molar-refractivity contribution is -0.00786. The van der Waals surface area contributed by atoms with E-state index in [2.05, 4.69) is 9.97 Å². The number of H-pyrrole nitrogens is 1. The van der Waals surface area contributed by atoms with Crippen LogP contribution in [0.1, 0.15) is 28.9 Å². The highest BCUT2D eigenvalue weighted by atomic mass is 35.5. The second kappa shape index (κ2) is 7.59. The lowest BCUT2D eigenvalue weighted by Gasteiger charge is -2.32. The lowest BCUT2D eigenvalue weighted by Crippen LogP contribution is -2.43. The lowest BCUT2D eigenvalue weighted by atomic mass is 10.1. The summed E-state index contributed by atoms with van der Waals surface area (Å²) < 4.78 is 5.89. The first-order valence-electron chi connectivity index (χ1n) is 7.82. The first-order valence-corrected chi connectivity index (χ1v) is 8.20. The molecule has 0 bridgehead atoms. The summed E-state index contributed by atoms with van der Waals surface area (Å²) in [4.78, 5) is 32.3. The van der Waals surface area contributed by atoms with Gasteiger partial charge in [-0.15, -0.1) is 0 Å². The summed E-state index contributed by atoms with van der Waals surface area (Å²) in [5.74, 6) is -0.153. The largest absolute Gasteiger partial charge is 0.370 e. The Balaban J connectivity index is 1.61. The summed E-state index contributed by atoms with van der Waals surface area (Å²) in [5, 5.41) is 0.0146. The van der Waals surface area contributed by atoms with Gasteiger partial charge in [0, 0.05) is 25.5 Å². The van der Waals surface area contributed by atoms with Crippen molar-refractivity contribution >= 4 is 17.5 Å². The summed E-state index contributed by atoms with van der Waals surface area (Å²) >= 11 is 5.80. The van der Waals surface area contributed by atoms with Crippen LogP contribution in [0.15, 0.2) is 41.5 Å². The Morgan fingerprint density at radius 2 is 2.33 bits per heavy atom. The number of carbonyl (C=O) groups excluding carboxylic acids is 1. The first-order chi connectivity index (χ1) is 11.6. The van der Waals surface area contributed by atoms with Crippen molar-refractivity contribution in [2.24, 2.45) is 0 Å². The molecule has 0 aliphatic carbocycles. The fourth-order valence-corrected chi connectivity index (χ4v) is 2.88. The number of piperidine rings is 1. The van der Waals surface area contributed by atoms with Crippen LogP contribution in [0.4, 0.5) is 0 Å². The molecular weight excluding hydrogens is 330 g/mol. The van der Waals surface area contributed by atoms with Crippen LogP contribution in [-0.2, 0) is 11.3 Å². The minimum atomic E-state index is -0.400. The summed E-state index contributed by atoms with van der Waals surface area (Å²) in [5.41, 5.74) is 0.849. The van der Waals surface area contributed by atoms with Crippen molar-refractivity contribution in [1.29, 1.82) is 0 Å². The molecular formula is C17H18ClN3O3. The van der Waals surface area contributed by atoms with Gasteiger partial charge in [-0.1, -0.05) is 17.7 Å². The average molecular weight is 348 g/mol. The van der Waals surface area contributed by atoms with Crippen LogP contribution in [0.2, 0.25) is 5.02 Å². The van der Waals surface area contributed by atoms with E-state index >= 15 is 0 Å². The number of ether oxygens (including phenoxy) is 1. The molecule has 24 heavy (non-hydrogen) atoms. The van der Waals surface area contributed by atoms with Crippen LogP contribution >= 0.6 is 11.6 Å². The maximum atomic E-state index is 12.6. The van der Waals surface area contributed by atoms with Gasteiger partial charge in [-0.2, -0.15) is 0 Å². The average Bonchev–Trinajstić information content (AvgIpc) is 2.63. The molecule has 126 valence electrons. The van der Waals surface area contributed by atoms with Crippen molar-refractivity contribution in [2.45, 2.75) is 25.6 Å². The maximum Gasteiger partial charge on any atom is 0.266 e. The van der Waals surface area contributed by atoms with Gasteiger partial charge < -0.3 is 14.6 Å². The Bertz CT molecular complexity index is 763. The van der Waals surface area contributed by atoms with Gasteiger partial charge in [-0.3, -0.25) is 14.6 Å². The van der Waals surface area contributed by atoms with Crippen LogP contribution in [0.25, 0.3) is 0 Å². The zero-order valence-corrected chi connectivity index (χ0v) is 13.8. The summed E-state index contributed by atoms with van der Waals surface area (Å²) in [6.07, 6.45) is 4.88. The number of halogens is 1. The summed E-state index contributed by atoms with van der Waals surface area (Å²) in [6.45, 7) is 1.61. The van der Waals surface area contributed by atoms with Gasteiger partial charge in [-0.25, -0.2) is 0 Å². The number of aromatic nitrogens is 2. The molecule has 1 amide bonds. The van der Waals surface area contributed by atoms with E-state index in [1.807, 2.05) is 18.2 Å². The zero-order chi connectivity index (χ0) is 16.9. The predicted octanol–water partition coefficient (Wildman–Crippen LogP) is 2.24. The van der Waals surface area contributed by atoms with E-state index in [4.69, 9.17) is 16.3 Å². The van der Waals surface area contributed by atoms with Gasteiger partial charge in [0.2, 0.25) is 0 Å². The number of carbonyl (C=O) groups is 1. The fourth-order valence-electron chi connectivity index (χ4n) is 2.71. The number of nitrogens with zero attached hydrogens (tertiary/aromatic N) is 2. The van der Waals surface area contributed by atoms with Crippen LogP contribution in [-0.4, -0.2) is 40.0 Å². The number of rotatable bonds is 4. The standard InChI is InChI=1S/C17H18ClN3O3/c18-15-8-12(9-20-16(15)22)17(23)21-7-3-5-14(10-21)24-11-13-4-1-2-6-19-13/h1-2,4,6,8-9,14H,3,5,7,10-11H2,(H,20,22)/t14-/m0/s1. The fraction of sp³-hybridized carbons (Fsp3) is 0.353. The number of hydrogen-bond donors (Lipinski definition) is 1. The molecule has 2 aromatic heterocycles. The highest BCUT2D eigenvalue weighted by Gasteiger charge is 2.25. The molecule has 1 aliphatic heterocycles. The SMILES string of the molecule is O=C(c1c[nH]c(=O)c(Cl)c1)N1CCC[C@H](OCc2ccccn2)C1. The summed E-state index contributed by atoms with van der Waals surface area (Å²) in [6, 6.07) is 7.09. The van der Waals surface area contributed by atoms with E-state index in [-0.39, 0.29) is 17.0 Å². The van der Waals surface area contributed by atoms with E-state index in [0.717, 1.165) is 18.5 Å². The Kier molecular flexibility index (Phi) is 5.27. The number of hydrogen-bond acceptors (Lipinski definition) is 4. The van der Waals surface area contributed by atoms with Crippen LogP contribution in [0, 0.1) is 0 Å². The Morgan fingerprint density at radius 3 is 3.08 bits per heavy atom. The van der Waals surface area contributed by atoms with Gasteiger partial charge in [0.15, 0.2) is 0 Å². The minimum Gasteiger partial charge on any atom is -0.370 e. The molecule has 0 spiro atoms. The van der Waals surface area contributed by atoms with Crippen LogP contribution in [0.5, 0.6) is 0 Å². The highest BCUT2D eigenvalue weighted by Crippen LogP contribution is 2.17. The predicted molar refractivity (Wildman–Crippen MR) is 90.0 cm³/mol. The van der Waals surface area contributed by atoms with Crippen LogP contribution in [0.3, 0.4) is 0 Å². The molecule has 3 rings (SSSR count). The normalized spacial score (nSPS) is 17.7. The third kappa shape index (κ3) is 4.01. The van der Waals surface area contributed by atoms with E-state index in [0.29, 0.717) is 25.3 Å². The minimum absolute atomic E-state index is 0.0146. The molecule has 1 N–H and O–H groups in total. The van der Waals surface area contributed by atoms with Crippen molar-refractivity contribution in [3.63, 3.8) is 0 Å². The quantitative estimate of drug-likeness (QED) is 0.920.